The summed E-state index contributed by atoms with van der Waals surface area (Å²) in [5, 5.41) is 5.59. The Morgan fingerprint density at radius 1 is 0.875 bits per heavy atom. The number of rotatable bonds is 2. The summed E-state index contributed by atoms with van der Waals surface area (Å²) in [5.74, 6) is 0.763. The topological polar surface area (TPSA) is 38.9 Å². The number of nitrogens with zero attached hydrogens (tertiary/aromatic N) is 2. The van der Waals surface area contributed by atoms with Crippen molar-refractivity contribution >= 4 is 43.3 Å². The van der Waals surface area contributed by atoms with Crippen LogP contribution in [0.2, 0.25) is 0 Å². The quantitative estimate of drug-likeness (QED) is 0.275. The Hall–Kier alpha value is -3.50. The Balaban J connectivity index is 1.56. The zero-order valence-corrected chi connectivity index (χ0v) is 19.0. The van der Waals surface area contributed by atoms with Crippen LogP contribution in [0.1, 0.15) is 26.3 Å². The smallest absolute Gasteiger partial charge is 0.161 e. The summed E-state index contributed by atoms with van der Waals surface area (Å²) in [5.41, 5.74) is 5.88. The number of thiophene rings is 1. The molecule has 0 saturated heterocycles. The van der Waals surface area contributed by atoms with E-state index < -0.39 is 0 Å². The minimum atomic E-state index is 0.0116. The van der Waals surface area contributed by atoms with Gasteiger partial charge in [0.1, 0.15) is 11.4 Å². The van der Waals surface area contributed by atoms with E-state index in [0.29, 0.717) is 0 Å². The van der Waals surface area contributed by atoms with E-state index in [4.69, 9.17) is 14.4 Å². The monoisotopic (exact) mass is 434 g/mol. The molecule has 0 bridgehead atoms. The average Bonchev–Trinajstić information content (AvgIpc) is 3.43. The second kappa shape index (κ2) is 7.01. The summed E-state index contributed by atoms with van der Waals surface area (Å²) >= 11 is 1.70. The SMILES string of the molecule is CC(C)(C)c1cc(-c2nccc3cc(-c4ccc5sccc5n4)oc23)cc2ccccc12. The first-order chi connectivity index (χ1) is 15.5. The molecule has 0 saturated carbocycles. The first-order valence-electron chi connectivity index (χ1n) is 10.7. The van der Waals surface area contributed by atoms with Crippen LogP contribution >= 0.6 is 11.3 Å². The zero-order chi connectivity index (χ0) is 21.9. The molecule has 4 heteroatoms. The number of pyridine rings is 2. The van der Waals surface area contributed by atoms with Crippen molar-refractivity contribution in [2.75, 3.05) is 0 Å². The van der Waals surface area contributed by atoms with Crippen molar-refractivity contribution in [1.82, 2.24) is 9.97 Å². The molecule has 4 heterocycles. The maximum atomic E-state index is 6.38. The number of fused-ring (bicyclic) bond motifs is 3. The minimum Gasteiger partial charge on any atom is -0.452 e. The van der Waals surface area contributed by atoms with Gasteiger partial charge in [-0.05, 0) is 69.6 Å². The highest BCUT2D eigenvalue weighted by molar-refractivity contribution is 7.17. The fourth-order valence-electron chi connectivity index (χ4n) is 4.35. The van der Waals surface area contributed by atoms with Crippen molar-refractivity contribution in [1.29, 1.82) is 0 Å². The van der Waals surface area contributed by atoms with Gasteiger partial charge in [0, 0.05) is 17.1 Å². The van der Waals surface area contributed by atoms with Crippen LogP contribution in [0.4, 0.5) is 0 Å². The number of aromatic nitrogens is 2. The van der Waals surface area contributed by atoms with Gasteiger partial charge in [-0.2, -0.15) is 0 Å². The molecule has 0 spiro atoms. The fraction of sp³-hybridized carbons (Fsp3) is 0.143. The van der Waals surface area contributed by atoms with Crippen LogP contribution in [-0.2, 0) is 5.41 Å². The summed E-state index contributed by atoms with van der Waals surface area (Å²) in [6.45, 7) is 6.76. The van der Waals surface area contributed by atoms with Crippen molar-refractivity contribution in [2.45, 2.75) is 26.2 Å². The highest BCUT2D eigenvalue weighted by atomic mass is 32.1. The molecule has 32 heavy (non-hydrogen) atoms. The van der Waals surface area contributed by atoms with E-state index in [1.165, 1.54) is 21.0 Å². The molecule has 2 aromatic carbocycles. The summed E-state index contributed by atoms with van der Waals surface area (Å²) in [7, 11) is 0. The number of furan rings is 1. The third-order valence-electron chi connectivity index (χ3n) is 5.94. The third-order valence-corrected chi connectivity index (χ3v) is 6.81. The highest BCUT2D eigenvalue weighted by Gasteiger charge is 2.20. The van der Waals surface area contributed by atoms with Crippen LogP contribution in [0.25, 0.3) is 54.7 Å². The lowest BCUT2D eigenvalue weighted by atomic mass is 9.82. The van der Waals surface area contributed by atoms with Gasteiger partial charge in [0.15, 0.2) is 11.3 Å². The molecule has 0 N–H and O–H groups in total. The Morgan fingerprint density at radius 3 is 2.62 bits per heavy atom. The maximum Gasteiger partial charge on any atom is 0.161 e. The molecule has 0 amide bonds. The van der Waals surface area contributed by atoms with E-state index >= 15 is 0 Å². The molecule has 3 nitrogen and oxygen atoms in total. The molecule has 4 aromatic heterocycles. The van der Waals surface area contributed by atoms with Gasteiger partial charge in [-0.1, -0.05) is 45.0 Å². The number of hydrogen-bond acceptors (Lipinski definition) is 4. The third kappa shape index (κ3) is 3.10. The number of hydrogen-bond donors (Lipinski definition) is 0. The van der Waals surface area contributed by atoms with Crippen molar-refractivity contribution < 1.29 is 4.42 Å². The molecule has 0 unspecified atom stereocenters. The molecule has 0 aliphatic heterocycles. The first kappa shape index (κ1) is 19.2. The van der Waals surface area contributed by atoms with Crippen molar-refractivity contribution in [3.05, 3.63) is 83.9 Å². The highest BCUT2D eigenvalue weighted by Crippen LogP contribution is 2.38. The molecule has 0 aliphatic rings. The molecule has 0 radical (unpaired) electrons. The first-order valence-corrected chi connectivity index (χ1v) is 11.6. The molecule has 6 rings (SSSR count). The molecule has 0 fully saturated rings. The molecule has 0 aliphatic carbocycles. The predicted molar refractivity (Wildman–Crippen MR) is 134 cm³/mol. The molecule has 0 atom stereocenters. The summed E-state index contributed by atoms with van der Waals surface area (Å²) in [6, 6.07) is 23.3. The van der Waals surface area contributed by atoms with Gasteiger partial charge in [-0.25, -0.2) is 4.98 Å². The van der Waals surface area contributed by atoms with E-state index in [1.807, 2.05) is 24.4 Å². The lowest BCUT2D eigenvalue weighted by Crippen LogP contribution is -2.12. The molecular weight excluding hydrogens is 412 g/mol. The van der Waals surface area contributed by atoms with E-state index in [-0.39, 0.29) is 5.41 Å². The molecular formula is C28H22N2OS. The van der Waals surface area contributed by atoms with Gasteiger partial charge in [-0.3, -0.25) is 4.98 Å². The van der Waals surface area contributed by atoms with E-state index in [1.54, 1.807) is 11.3 Å². The van der Waals surface area contributed by atoms with Crippen molar-refractivity contribution in [3.8, 4) is 22.7 Å². The lowest BCUT2D eigenvalue weighted by Gasteiger charge is -2.22. The van der Waals surface area contributed by atoms with Crippen LogP contribution in [-0.4, -0.2) is 9.97 Å². The summed E-state index contributed by atoms with van der Waals surface area (Å²) < 4.78 is 7.56. The second-order valence-electron chi connectivity index (χ2n) is 9.18. The van der Waals surface area contributed by atoms with Crippen LogP contribution in [0, 0.1) is 0 Å². The van der Waals surface area contributed by atoms with Gasteiger partial charge in [-0.15, -0.1) is 11.3 Å². The van der Waals surface area contributed by atoms with Gasteiger partial charge >= 0.3 is 0 Å². The molecule has 6 aromatic rings. The molecule has 156 valence electrons. The van der Waals surface area contributed by atoms with Crippen molar-refractivity contribution in [2.24, 2.45) is 0 Å². The summed E-state index contributed by atoms with van der Waals surface area (Å²) in [6.07, 6.45) is 1.86. The minimum absolute atomic E-state index is 0.0116. The van der Waals surface area contributed by atoms with Gasteiger partial charge < -0.3 is 4.42 Å². The zero-order valence-electron chi connectivity index (χ0n) is 18.2. The van der Waals surface area contributed by atoms with Crippen LogP contribution in [0.5, 0.6) is 0 Å². The standard InChI is InChI=1S/C28H22N2OS/c1-28(2,3)21-15-19(14-17-6-4-5-7-20(17)21)26-27-18(10-12-29-26)16-24(31-27)22-8-9-25-23(30-22)11-13-32-25/h4-16H,1-3H3. The second-order valence-corrected chi connectivity index (χ2v) is 10.1. The average molecular weight is 435 g/mol. The van der Waals surface area contributed by atoms with Crippen LogP contribution < -0.4 is 0 Å². The Bertz CT molecular complexity index is 1620. The van der Waals surface area contributed by atoms with E-state index in [0.717, 1.165) is 39.2 Å². The van der Waals surface area contributed by atoms with Crippen molar-refractivity contribution in [3.63, 3.8) is 0 Å². The maximum absolute atomic E-state index is 6.38. The number of benzene rings is 2. The Morgan fingerprint density at radius 2 is 1.75 bits per heavy atom. The van der Waals surface area contributed by atoms with Gasteiger partial charge in [0.2, 0.25) is 0 Å². The van der Waals surface area contributed by atoms with Gasteiger partial charge in [0.25, 0.3) is 0 Å². The fourth-order valence-corrected chi connectivity index (χ4v) is 5.08. The van der Waals surface area contributed by atoms with Crippen LogP contribution in [0.15, 0.2) is 82.7 Å². The van der Waals surface area contributed by atoms with Gasteiger partial charge in [0.05, 0.1) is 10.2 Å². The summed E-state index contributed by atoms with van der Waals surface area (Å²) in [4.78, 5) is 9.53. The Kier molecular flexibility index (Phi) is 4.21. The normalized spacial score (nSPS) is 12.2. The predicted octanol–water partition coefficient (Wildman–Crippen LogP) is 8.22. The van der Waals surface area contributed by atoms with E-state index in [2.05, 4.69) is 74.7 Å². The van der Waals surface area contributed by atoms with Crippen LogP contribution in [0.3, 0.4) is 0 Å². The lowest BCUT2D eigenvalue weighted by molar-refractivity contribution is 0.596. The largest absolute Gasteiger partial charge is 0.452 e. The Labute approximate surface area is 190 Å². The van der Waals surface area contributed by atoms with E-state index in [9.17, 15) is 0 Å².